The van der Waals surface area contributed by atoms with Gasteiger partial charge in [-0.3, -0.25) is 9.89 Å². The van der Waals surface area contributed by atoms with E-state index in [0.29, 0.717) is 0 Å². The van der Waals surface area contributed by atoms with Crippen molar-refractivity contribution < 1.29 is 4.74 Å². The largest absolute Gasteiger partial charge is 0.373 e. The van der Waals surface area contributed by atoms with Crippen molar-refractivity contribution in [2.24, 2.45) is 4.99 Å². The molecular weight excluding hydrogens is 487 g/mol. The molecule has 2 aromatic carbocycles. The highest BCUT2D eigenvalue weighted by Gasteiger charge is 2.22. The van der Waals surface area contributed by atoms with Crippen LogP contribution in [0.15, 0.2) is 59.6 Å². The Morgan fingerprint density at radius 1 is 0.967 bits per heavy atom. The molecule has 5 nitrogen and oxygen atoms in total. The highest BCUT2D eigenvalue weighted by Crippen LogP contribution is 2.17. The van der Waals surface area contributed by atoms with Crippen LogP contribution >= 0.6 is 24.0 Å². The third-order valence-corrected chi connectivity index (χ3v) is 5.23. The highest BCUT2D eigenvalue weighted by atomic mass is 127. The van der Waals surface area contributed by atoms with Gasteiger partial charge in [0.25, 0.3) is 0 Å². The van der Waals surface area contributed by atoms with Gasteiger partial charge in [-0.05, 0) is 37.0 Å². The summed E-state index contributed by atoms with van der Waals surface area (Å²) in [6.07, 6.45) is 1.55. The lowest BCUT2D eigenvalue weighted by Gasteiger charge is -2.35. The first kappa shape index (κ1) is 24.6. The van der Waals surface area contributed by atoms with Gasteiger partial charge in [0, 0.05) is 39.8 Å². The quantitative estimate of drug-likeness (QED) is 0.330. The predicted octanol–water partition coefficient (Wildman–Crippen LogP) is 3.82. The smallest absolute Gasteiger partial charge is 0.191 e. The summed E-state index contributed by atoms with van der Waals surface area (Å²) < 4.78 is 5.87. The Morgan fingerprint density at radius 2 is 1.60 bits per heavy atom. The summed E-state index contributed by atoms with van der Waals surface area (Å²) in [5.41, 5.74) is 4.00. The van der Waals surface area contributed by atoms with E-state index in [1.54, 1.807) is 0 Å². The minimum atomic E-state index is 0. The Morgan fingerprint density at radius 3 is 2.27 bits per heavy atom. The van der Waals surface area contributed by atoms with E-state index < -0.39 is 0 Å². The molecule has 1 heterocycles. The third-order valence-electron chi connectivity index (χ3n) is 5.23. The molecule has 0 aliphatic carbocycles. The monoisotopic (exact) mass is 522 g/mol. The Kier molecular flexibility index (Phi) is 10.6. The molecule has 0 aromatic heterocycles. The van der Waals surface area contributed by atoms with Gasteiger partial charge < -0.3 is 15.4 Å². The van der Waals surface area contributed by atoms with Gasteiger partial charge in [-0.15, -0.1) is 24.0 Å². The number of aliphatic imine (C=N–C) groups is 1. The molecule has 3 rings (SSSR count). The van der Waals surface area contributed by atoms with Crippen molar-refractivity contribution in [3.8, 4) is 0 Å². The van der Waals surface area contributed by atoms with Crippen LogP contribution in [0.5, 0.6) is 0 Å². The zero-order valence-electron chi connectivity index (χ0n) is 18.3. The molecule has 2 N–H and O–H groups in total. The van der Waals surface area contributed by atoms with Gasteiger partial charge in [0.1, 0.15) is 0 Å². The number of hydrogen-bond donors (Lipinski definition) is 2. The maximum absolute atomic E-state index is 5.87. The first-order valence-electron chi connectivity index (χ1n) is 10.6. The van der Waals surface area contributed by atoms with Crippen LogP contribution in [-0.4, -0.2) is 49.7 Å². The summed E-state index contributed by atoms with van der Waals surface area (Å²) in [5, 5.41) is 6.88. The van der Waals surface area contributed by atoms with Crippen LogP contribution in [0.1, 0.15) is 30.5 Å². The Labute approximate surface area is 198 Å². The van der Waals surface area contributed by atoms with Crippen LogP contribution < -0.4 is 10.6 Å². The van der Waals surface area contributed by atoms with Crippen LogP contribution in [-0.2, 0) is 24.2 Å². The van der Waals surface area contributed by atoms with E-state index in [9.17, 15) is 0 Å². The van der Waals surface area contributed by atoms with Crippen molar-refractivity contribution in [2.45, 2.75) is 45.6 Å². The van der Waals surface area contributed by atoms with E-state index in [1.807, 2.05) is 13.1 Å². The second kappa shape index (κ2) is 12.9. The minimum absolute atomic E-state index is 0. The summed E-state index contributed by atoms with van der Waals surface area (Å²) in [6, 6.07) is 19.2. The average molecular weight is 522 g/mol. The molecule has 1 aliphatic heterocycles. The summed E-state index contributed by atoms with van der Waals surface area (Å²) in [4.78, 5) is 6.86. The molecule has 164 valence electrons. The van der Waals surface area contributed by atoms with E-state index in [-0.39, 0.29) is 36.2 Å². The van der Waals surface area contributed by atoms with Crippen molar-refractivity contribution in [3.63, 3.8) is 0 Å². The minimum Gasteiger partial charge on any atom is -0.373 e. The topological polar surface area (TPSA) is 48.9 Å². The number of ether oxygens (including phenoxy) is 1. The van der Waals surface area contributed by atoms with Gasteiger partial charge in [0.2, 0.25) is 0 Å². The number of morpholine rings is 1. The molecule has 2 unspecified atom stereocenters. The molecule has 1 fully saturated rings. The van der Waals surface area contributed by atoms with Crippen molar-refractivity contribution in [1.82, 2.24) is 15.5 Å². The number of halogens is 1. The number of nitrogens with zero attached hydrogens (tertiary/aromatic N) is 2. The van der Waals surface area contributed by atoms with Crippen molar-refractivity contribution in [2.75, 3.05) is 26.7 Å². The molecule has 0 saturated carbocycles. The molecule has 1 saturated heterocycles. The molecule has 2 aromatic rings. The van der Waals surface area contributed by atoms with Crippen molar-refractivity contribution >= 4 is 29.9 Å². The molecule has 0 spiro atoms. The summed E-state index contributed by atoms with van der Waals surface area (Å²) >= 11 is 0. The van der Waals surface area contributed by atoms with E-state index in [2.05, 4.69) is 82.9 Å². The second-order valence-electron chi connectivity index (χ2n) is 7.81. The standard InChI is InChI=1S/C24H34N4O.HI/c1-19-16-28(17-20(2)29-19)18-23-12-8-7-11-22(23)15-27-24(25-3)26-14-13-21-9-5-4-6-10-21;/h4-12,19-20H,13-18H2,1-3H3,(H2,25,26,27);1H. The lowest BCUT2D eigenvalue weighted by Crippen LogP contribution is -2.45. The molecule has 0 bridgehead atoms. The molecule has 0 radical (unpaired) electrons. The van der Waals surface area contributed by atoms with Crippen LogP contribution in [0.25, 0.3) is 0 Å². The van der Waals surface area contributed by atoms with Gasteiger partial charge >= 0.3 is 0 Å². The number of guanidine groups is 1. The van der Waals surface area contributed by atoms with Gasteiger partial charge in [0.15, 0.2) is 5.96 Å². The molecule has 6 heteroatoms. The first-order chi connectivity index (χ1) is 14.1. The second-order valence-corrected chi connectivity index (χ2v) is 7.81. The van der Waals surface area contributed by atoms with Crippen molar-refractivity contribution in [1.29, 1.82) is 0 Å². The number of nitrogens with one attached hydrogen (secondary N) is 2. The average Bonchev–Trinajstić information content (AvgIpc) is 2.71. The Balaban J connectivity index is 0.00000320. The normalized spacial score (nSPS) is 19.8. The van der Waals surface area contributed by atoms with Gasteiger partial charge in [-0.2, -0.15) is 0 Å². The lowest BCUT2D eigenvalue weighted by atomic mass is 10.1. The predicted molar refractivity (Wildman–Crippen MR) is 135 cm³/mol. The molecule has 2 atom stereocenters. The Bertz CT molecular complexity index is 774. The number of hydrogen-bond acceptors (Lipinski definition) is 3. The fourth-order valence-corrected chi connectivity index (χ4v) is 3.91. The van der Waals surface area contributed by atoms with E-state index in [4.69, 9.17) is 4.74 Å². The third kappa shape index (κ3) is 7.89. The number of rotatable bonds is 7. The van der Waals surface area contributed by atoms with E-state index in [0.717, 1.165) is 45.1 Å². The maximum Gasteiger partial charge on any atom is 0.191 e. The van der Waals surface area contributed by atoms with Crippen LogP contribution in [0.4, 0.5) is 0 Å². The van der Waals surface area contributed by atoms with E-state index in [1.165, 1.54) is 16.7 Å². The molecule has 1 aliphatic rings. The molecule has 0 amide bonds. The fraction of sp³-hybridized carbons (Fsp3) is 0.458. The zero-order chi connectivity index (χ0) is 20.5. The molecule has 30 heavy (non-hydrogen) atoms. The SMILES string of the molecule is CN=C(NCCc1ccccc1)NCc1ccccc1CN1CC(C)OC(C)C1.I. The van der Waals surface area contributed by atoms with Crippen LogP contribution in [0.2, 0.25) is 0 Å². The molecular formula is C24H35IN4O. The van der Waals surface area contributed by atoms with E-state index >= 15 is 0 Å². The summed E-state index contributed by atoms with van der Waals surface area (Å²) in [7, 11) is 1.82. The number of benzene rings is 2. The van der Waals surface area contributed by atoms with Gasteiger partial charge in [-0.25, -0.2) is 0 Å². The summed E-state index contributed by atoms with van der Waals surface area (Å²) in [5.74, 6) is 0.837. The van der Waals surface area contributed by atoms with Crippen molar-refractivity contribution in [3.05, 3.63) is 71.3 Å². The Hall–Kier alpha value is -1.64. The van der Waals surface area contributed by atoms with Gasteiger partial charge in [0.05, 0.1) is 12.2 Å². The van der Waals surface area contributed by atoms with Gasteiger partial charge in [-0.1, -0.05) is 54.6 Å². The first-order valence-corrected chi connectivity index (χ1v) is 10.6. The summed E-state index contributed by atoms with van der Waals surface area (Å²) in [6.45, 7) is 8.84. The highest BCUT2D eigenvalue weighted by molar-refractivity contribution is 14.0. The zero-order valence-corrected chi connectivity index (χ0v) is 20.6. The van der Waals surface area contributed by atoms with Crippen LogP contribution in [0, 0.1) is 0 Å². The lowest BCUT2D eigenvalue weighted by molar-refractivity contribution is -0.0705. The maximum atomic E-state index is 5.87. The van der Waals surface area contributed by atoms with Crippen LogP contribution in [0.3, 0.4) is 0 Å². The fourth-order valence-electron chi connectivity index (χ4n) is 3.91.